The summed E-state index contributed by atoms with van der Waals surface area (Å²) in [4.78, 5) is 24.8. The molecule has 1 N–H and O–H groups in total. The number of pyridine rings is 1. The fourth-order valence-electron chi connectivity index (χ4n) is 5.41. The molecule has 44 heavy (non-hydrogen) atoms. The van der Waals surface area contributed by atoms with E-state index in [1.165, 1.54) is 0 Å². The number of benzene rings is 4. The smallest absolute Gasteiger partial charge is 0.328 e. The number of allylic oxidation sites excluding steroid dienone is 4. The fraction of sp³-hybridized carbons (Fsp3) is 0. The molecule has 1 aromatic heterocycles. The number of aliphatic hydroxyl groups excluding tert-OH is 1. The number of aromatic nitrogens is 1. The summed E-state index contributed by atoms with van der Waals surface area (Å²) in [7, 11) is 0. The lowest BCUT2D eigenvalue weighted by molar-refractivity contribution is -0.111. The zero-order chi connectivity index (χ0) is 29.9. The van der Waals surface area contributed by atoms with Crippen LogP contribution in [0.3, 0.4) is 0 Å². The lowest BCUT2D eigenvalue weighted by atomic mass is 9.81. The Hall–Kier alpha value is -6.14. The number of nitrogens with zero attached hydrogens (tertiary/aromatic N) is 4. The Bertz CT molecular complexity index is 1890. The minimum Gasteiger partial charge on any atom is -0.506 e. The van der Waals surface area contributed by atoms with E-state index in [9.17, 15) is 9.90 Å². The van der Waals surface area contributed by atoms with Crippen LogP contribution >= 0.6 is 0 Å². The lowest BCUT2D eigenvalue weighted by Crippen LogP contribution is -2.24. The summed E-state index contributed by atoms with van der Waals surface area (Å²) in [5.41, 5.74) is 5.48. The summed E-state index contributed by atoms with van der Waals surface area (Å²) in [5, 5.41) is 11.1. The summed E-state index contributed by atoms with van der Waals surface area (Å²) in [6.45, 7) is 0. The molecule has 7 rings (SSSR count). The molecule has 0 spiro atoms. The molecule has 2 aliphatic rings. The van der Waals surface area contributed by atoms with Crippen molar-refractivity contribution >= 4 is 52.0 Å². The summed E-state index contributed by atoms with van der Waals surface area (Å²) < 4.78 is 2.04. The highest BCUT2D eigenvalue weighted by atomic mass is 16.3. The number of rotatable bonds is 6. The number of aliphatic imine (C=N–C) groups is 1. The van der Waals surface area contributed by atoms with Crippen molar-refractivity contribution in [1.82, 2.24) is 9.56 Å². The van der Waals surface area contributed by atoms with E-state index in [1.807, 2.05) is 155 Å². The van der Waals surface area contributed by atoms with Gasteiger partial charge in [0.05, 0.1) is 11.1 Å². The van der Waals surface area contributed by atoms with Gasteiger partial charge in [-0.25, -0.2) is 4.98 Å². The Morgan fingerprint density at radius 3 is 1.61 bits per heavy atom. The maximum Gasteiger partial charge on any atom is 0.328 e. The van der Waals surface area contributed by atoms with Crippen LogP contribution in [-0.4, -0.2) is 27.9 Å². The van der Waals surface area contributed by atoms with Crippen LogP contribution in [0.1, 0.15) is 5.56 Å². The van der Waals surface area contributed by atoms with Gasteiger partial charge in [-0.2, -0.15) is 4.58 Å². The first-order chi connectivity index (χ1) is 21.7. The van der Waals surface area contributed by atoms with Crippen LogP contribution in [0.5, 0.6) is 0 Å². The van der Waals surface area contributed by atoms with E-state index in [-0.39, 0.29) is 22.7 Å². The molecule has 0 fully saturated rings. The van der Waals surface area contributed by atoms with Gasteiger partial charge in [-0.15, -0.1) is 0 Å². The van der Waals surface area contributed by atoms with Gasteiger partial charge in [-0.1, -0.05) is 72.8 Å². The van der Waals surface area contributed by atoms with Crippen molar-refractivity contribution in [3.63, 3.8) is 0 Å². The molecule has 5 aromatic rings. The van der Waals surface area contributed by atoms with E-state index in [0.29, 0.717) is 22.8 Å². The number of hydrogen-bond donors (Lipinski definition) is 1. The maximum absolute atomic E-state index is 13.4. The van der Waals surface area contributed by atoms with E-state index in [0.717, 1.165) is 22.7 Å². The maximum atomic E-state index is 13.4. The first-order valence-electron chi connectivity index (χ1n) is 14.3. The lowest BCUT2D eigenvalue weighted by Gasteiger charge is -2.25. The number of carbonyl (C=O) groups is 1. The Morgan fingerprint density at radius 2 is 1.16 bits per heavy atom. The minimum atomic E-state index is -0.238. The first-order valence-corrected chi connectivity index (χ1v) is 14.3. The third kappa shape index (κ3) is 4.95. The SMILES string of the molecule is O=C1C(c2ccc(N(c3ccccc3)c3ccccc3)nc2)=C(O)/C1=C1\C=CC(=[N+](c2ccccc2)c2ccccc2)N=C1. The number of amidine groups is 1. The summed E-state index contributed by atoms with van der Waals surface area (Å²) in [5.74, 6) is 1.11. The molecule has 1 aliphatic carbocycles. The topological polar surface area (TPSA) is 68.8 Å². The average Bonchev–Trinajstić information content (AvgIpc) is 3.09. The molecule has 0 saturated heterocycles. The Morgan fingerprint density at radius 1 is 0.614 bits per heavy atom. The number of ketones is 1. The van der Waals surface area contributed by atoms with E-state index in [2.05, 4.69) is 0 Å². The van der Waals surface area contributed by atoms with E-state index in [4.69, 9.17) is 9.98 Å². The van der Waals surface area contributed by atoms with Gasteiger partial charge in [0.1, 0.15) is 29.2 Å². The van der Waals surface area contributed by atoms with Crippen LogP contribution in [0.2, 0.25) is 0 Å². The second-order valence-corrected chi connectivity index (χ2v) is 10.3. The third-order valence-corrected chi connectivity index (χ3v) is 7.52. The van der Waals surface area contributed by atoms with Crippen LogP contribution in [0.25, 0.3) is 5.57 Å². The standard InChI is InChI=1S/C38H26N4O2/c43-37-35(27-21-23-33(39-25-27)41(29-13-5-1-6-14-29)30-15-7-2-8-16-30)38(44)36(37)28-22-24-34(40-26-28)42(31-17-9-3-10-18-31)32-19-11-4-12-20-32/h1-26H/p+1. The van der Waals surface area contributed by atoms with Crippen molar-refractivity contribution in [2.45, 2.75) is 0 Å². The van der Waals surface area contributed by atoms with E-state index in [1.54, 1.807) is 12.4 Å². The van der Waals surface area contributed by atoms with Gasteiger partial charge in [0.2, 0.25) is 5.78 Å². The highest BCUT2D eigenvalue weighted by molar-refractivity contribution is 6.40. The predicted octanol–water partition coefficient (Wildman–Crippen LogP) is 8.27. The average molecular weight is 572 g/mol. The Balaban J connectivity index is 1.20. The van der Waals surface area contributed by atoms with Crippen molar-refractivity contribution < 1.29 is 9.90 Å². The van der Waals surface area contributed by atoms with Gasteiger partial charge in [0.25, 0.3) is 0 Å². The van der Waals surface area contributed by atoms with Crippen LogP contribution in [0, 0.1) is 0 Å². The first kappa shape index (κ1) is 26.7. The van der Waals surface area contributed by atoms with E-state index < -0.39 is 0 Å². The monoisotopic (exact) mass is 571 g/mol. The molecule has 0 atom stereocenters. The number of anilines is 3. The molecule has 6 heteroatoms. The minimum absolute atomic E-state index is 0.0509. The highest BCUT2D eigenvalue weighted by Gasteiger charge is 2.37. The van der Waals surface area contributed by atoms with Crippen LogP contribution < -0.4 is 9.48 Å². The molecule has 1 aliphatic heterocycles. The van der Waals surface area contributed by atoms with Gasteiger partial charge in [0.15, 0.2) is 0 Å². The van der Waals surface area contributed by atoms with Crippen LogP contribution in [0.4, 0.5) is 28.6 Å². The van der Waals surface area contributed by atoms with Gasteiger partial charge >= 0.3 is 5.84 Å². The van der Waals surface area contributed by atoms with Crippen molar-refractivity contribution in [2.75, 3.05) is 4.90 Å². The number of para-hydroxylation sites is 4. The second-order valence-electron chi connectivity index (χ2n) is 10.3. The molecule has 0 unspecified atom stereocenters. The van der Waals surface area contributed by atoms with Gasteiger partial charge in [-0.3, -0.25) is 9.69 Å². The number of dihydropyridines is 1. The van der Waals surface area contributed by atoms with E-state index >= 15 is 0 Å². The zero-order valence-corrected chi connectivity index (χ0v) is 23.7. The summed E-state index contributed by atoms with van der Waals surface area (Å²) in [6, 6.07) is 43.6. The highest BCUT2D eigenvalue weighted by Crippen LogP contribution is 2.39. The van der Waals surface area contributed by atoms with Crippen LogP contribution in [0.15, 0.2) is 174 Å². The Labute approximate surface area is 255 Å². The molecular weight excluding hydrogens is 544 g/mol. The van der Waals surface area contributed by atoms with Crippen molar-refractivity contribution in [3.05, 3.63) is 174 Å². The second kappa shape index (κ2) is 11.6. The number of Topliss-reactive ketones (excluding diaryl/α,β-unsaturated/α-hetero) is 1. The predicted molar refractivity (Wildman–Crippen MR) is 177 cm³/mol. The molecule has 2 heterocycles. The number of aliphatic hydroxyl groups is 1. The van der Waals surface area contributed by atoms with Crippen molar-refractivity contribution in [1.29, 1.82) is 0 Å². The third-order valence-electron chi connectivity index (χ3n) is 7.52. The molecule has 0 amide bonds. The normalized spacial score (nSPS) is 15.7. The summed E-state index contributed by atoms with van der Waals surface area (Å²) >= 11 is 0. The Kier molecular flexibility index (Phi) is 7.06. The quantitative estimate of drug-likeness (QED) is 0.165. The molecule has 0 radical (unpaired) electrons. The van der Waals surface area contributed by atoms with Gasteiger partial charge < -0.3 is 5.11 Å². The molecule has 0 bridgehead atoms. The van der Waals surface area contributed by atoms with Gasteiger partial charge in [0, 0.05) is 34.8 Å². The molecule has 6 nitrogen and oxygen atoms in total. The molecular formula is C38H27N4O2+. The number of carbonyl (C=O) groups excluding carboxylic acids is 1. The molecule has 4 aromatic carbocycles. The fourth-order valence-corrected chi connectivity index (χ4v) is 5.41. The van der Waals surface area contributed by atoms with Crippen molar-refractivity contribution in [2.24, 2.45) is 4.99 Å². The zero-order valence-electron chi connectivity index (χ0n) is 23.7. The van der Waals surface area contributed by atoms with Gasteiger partial charge in [-0.05, 0) is 71.7 Å². The van der Waals surface area contributed by atoms with Crippen LogP contribution in [-0.2, 0) is 4.79 Å². The molecule has 210 valence electrons. The molecule has 0 saturated carbocycles. The number of hydrogen-bond acceptors (Lipinski definition) is 4. The van der Waals surface area contributed by atoms with Crippen molar-refractivity contribution in [3.8, 4) is 0 Å². The summed E-state index contributed by atoms with van der Waals surface area (Å²) in [6.07, 6.45) is 6.94. The largest absolute Gasteiger partial charge is 0.506 e.